The highest BCUT2D eigenvalue weighted by molar-refractivity contribution is 5.33. The van der Waals surface area contributed by atoms with Crippen molar-refractivity contribution in [2.45, 2.75) is 51.2 Å². The van der Waals surface area contributed by atoms with Gasteiger partial charge in [0.2, 0.25) is 0 Å². The number of benzene rings is 1. The zero-order chi connectivity index (χ0) is 12.7. The number of fused-ring (bicyclic) bond motifs is 1. The smallest absolute Gasteiger partial charge is 0.0456 e. The van der Waals surface area contributed by atoms with Gasteiger partial charge in [-0.1, -0.05) is 31.2 Å². The highest BCUT2D eigenvalue weighted by atomic mass is 15.2. The van der Waals surface area contributed by atoms with Crippen molar-refractivity contribution in [2.75, 3.05) is 6.54 Å². The third-order valence-electron chi connectivity index (χ3n) is 4.80. The van der Waals surface area contributed by atoms with E-state index in [0.717, 1.165) is 5.92 Å². The molecule has 0 amide bonds. The van der Waals surface area contributed by atoms with Crippen LogP contribution in [0.5, 0.6) is 0 Å². The molecular formula is C16H24N2. The lowest BCUT2D eigenvalue weighted by Crippen LogP contribution is -2.47. The summed E-state index contributed by atoms with van der Waals surface area (Å²) in [5.74, 6) is 0.823. The van der Waals surface area contributed by atoms with Gasteiger partial charge in [0.25, 0.3) is 0 Å². The standard InChI is InChI=1S/C16H24N2/c1-11-9-12(2)18(10-11)15-8-7-13-5-3-4-6-14(13)16(15)17/h3-6,11-12,15-16H,7-10,17H2,1-2H3. The summed E-state index contributed by atoms with van der Waals surface area (Å²) in [5.41, 5.74) is 9.37. The second kappa shape index (κ2) is 4.67. The molecule has 1 fully saturated rings. The Kier molecular flexibility index (Phi) is 3.16. The van der Waals surface area contributed by atoms with Crippen molar-refractivity contribution in [1.29, 1.82) is 0 Å². The fraction of sp³-hybridized carbons (Fsp3) is 0.625. The first-order valence-electron chi connectivity index (χ1n) is 7.26. The average Bonchev–Trinajstić information content (AvgIpc) is 2.69. The third kappa shape index (κ3) is 1.98. The van der Waals surface area contributed by atoms with Gasteiger partial charge in [-0.2, -0.15) is 0 Å². The van der Waals surface area contributed by atoms with Crippen molar-refractivity contribution in [3.8, 4) is 0 Å². The number of aryl methyl sites for hydroxylation is 1. The van der Waals surface area contributed by atoms with Crippen LogP contribution in [0.4, 0.5) is 0 Å². The molecule has 2 N–H and O–H groups in total. The van der Waals surface area contributed by atoms with E-state index in [2.05, 4.69) is 43.0 Å². The minimum Gasteiger partial charge on any atom is -0.323 e. The SMILES string of the molecule is CC1CC(C)N(C2CCc3ccccc3C2N)C1. The van der Waals surface area contributed by atoms with Gasteiger partial charge in [-0.25, -0.2) is 0 Å². The van der Waals surface area contributed by atoms with Gasteiger partial charge in [0, 0.05) is 24.7 Å². The minimum atomic E-state index is 0.197. The number of hydrogen-bond acceptors (Lipinski definition) is 2. The van der Waals surface area contributed by atoms with E-state index in [1.807, 2.05) is 0 Å². The molecule has 4 atom stereocenters. The van der Waals surface area contributed by atoms with Gasteiger partial charge >= 0.3 is 0 Å². The van der Waals surface area contributed by atoms with Gasteiger partial charge in [-0.3, -0.25) is 4.90 Å². The summed E-state index contributed by atoms with van der Waals surface area (Å²) in [5, 5.41) is 0. The van der Waals surface area contributed by atoms with E-state index in [1.165, 1.54) is 36.9 Å². The van der Waals surface area contributed by atoms with Crippen LogP contribution in [0.15, 0.2) is 24.3 Å². The van der Waals surface area contributed by atoms with E-state index in [-0.39, 0.29) is 6.04 Å². The molecule has 0 saturated carbocycles. The fourth-order valence-electron chi connectivity index (χ4n) is 3.94. The Hall–Kier alpha value is -0.860. The Bertz CT molecular complexity index is 429. The summed E-state index contributed by atoms with van der Waals surface area (Å²) < 4.78 is 0. The van der Waals surface area contributed by atoms with E-state index in [9.17, 15) is 0 Å². The molecule has 4 unspecified atom stereocenters. The van der Waals surface area contributed by atoms with Crippen LogP contribution < -0.4 is 5.73 Å². The number of nitrogens with zero attached hydrogens (tertiary/aromatic N) is 1. The molecule has 98 valence electrons. The maximum atomic E-state index is 6.54. The molecule has 1 heterocycles. The first kappa shape index (κ1) is 12.2. The van der Waals surface area contributed by atoms with Crippen LogP contribution in [0.3, 0.4) is 0 Å². The zero-order valence-electron chi connectivity index (χ0n) is 11.5. The number of hydrogen-bond donors (Lipinski definition) is 1. The van der Waals surface area contributed by atoms with Gasteiger partial charge < -0.3 is 5.73 Å². The molecule has 1 aliphatic heterocycles. The molecule has 1 saturated heterocycles. The first-order chi connectivity index (χ1) is 8.66. The lowest BCUT2D eigenvalue weighted by Gasteiger charge is -2.39. The molecule has 1 aromatic rings. The van der Waals surface area contributed by atoms with Crippen LogP contribution in [-0.4, -0.2) is 23.5 Å². The van der Waals surface area contributed by atoms with Crippen molar-refractivity contribution >= 4 is 0 Å². The topological polar surface area (TPSA) is 29.3 Å². The Morgan fingerprint density at radius 1 is 1.22 bits per heavy atom. The van der Waals surface area contributed by atoms with Crippen molar-refractivity contribution in [3.63, 3.8) is 0 Å². The molecular weight excluding hydrogens is 220 g/mol. The minimum absolute atomic E-state index is 0.197. The number of likely N-dealkylation sites (tertiary alicyclic amines) is 1. The zero-order valence-corrected chi connectivity index (χ0v) is 11.5. The largest absolute Gasteiger partial charge is 0.323 e. The maximum absolute atomic E-state index is 6.54. The van der Waals surface area contributed by atoms with Crippen molar-refractivity contribution < 1.29 is 0 Å². The van der Waals surface area contributed by atoms with E-state index < -0.39 is 0 Å². The molecule has 3 rings (SSSR count). The van der Waals surface area contributed by atoms with E-state index in [4.69, 9.17) is 5.73 Å². The van der Waals surface area contributed by atoms with Crippen LogP contribution in [0.1, 0.15) is 43.9 Å². The van der Waals surface area contributed by atoms with Gasteiger partial charge in [-0.05, 0) is 43.2 Å². The van der Waals surface area contributed by atoms with Crippen LogP contribution in [-0.2, 0) is 6.42 Å². The van der Waals surface area contributed by atoms with E-state index in [0.29, 0.717) is 12.1 Å². The van der Waals surface area contributed by atoms with E-state index >= 15 is 0 Å². The molecule has 1 aromatic carbocycles. The molecule has 0 spiro atoms. The normalized spacial score (nSPS) is 36.6. The van der Waals surface area contributed by atoms with Gasteiger partial charge in [-0.15, -0.1) is 0 Å². The summed E-state index contributed by atoms with van der Waals surface area (Å²) in [6, 6.07) is 10.1. The second-order valence-electron chi connectivity index (χ2n) is 6.22. The van der Waals surface area contributed by atoms with Crippen molar-refractivity contribution in [3.05, 3.63) is 35.4 Å². The number of rotatable bonds is 1. The lowest BCUT2D eigenvalue weighted by molar-refractivity contribution is 0.146. The van der Waals surface area contributed by atoms with Crippen LogP contribution in [0.2, 0.25) is 0 Å². The summed E-state index contributed by atoms with van der Waals surface area (Å²) in [7, 11) is 0. The monoisotopic (exact) mass is 244 g/mol. The summed E-state index contributed by atoms with van der Waals surface area (Å²) >= 11 is 0. The Balaban J connectivity index is 1.84. The summed E-state index contributed by atoms with van der Waals surface area (Å²) in [6.07, 6.45) is 3.73. The second-order valence-corrected chi connectivity index (χ2v) is 6.22. The molecule has 2 aliphatic rings. The average molecular weight is 244 g/mol. The molecule has 2 heteroatoms. The quantitative estimate of drug-likeness (QED) is 0.823. The van der Waals surface area contributed by atoms with Gasteiger partial charge in [0.05, 0.1) is 0 Å². The Morgan fingerprint density at radius 2 is 2.00 bits per heavy atom. The highest BCUT2D eigenvalue weighted by Crippen LogP contribution is 2.35. The Morgan fingerprint density at radius 3 is 2.72 bits per heavy atom. The van der Waals surface area contributed by atoms with Gasteiger partial charge in [0.15, 0.2) is 0 Å². The van der Waals surface area contributed by atoms with Crippen molar-refractivity contribution in [2.24, 2.45) is 11.7 Å². The molecule has 0 bridgehead atoms. The van der Waals surface area contributed by atoms with Crippen molar-refractivity contribution in [1.82, 2.24) is 4.90 Å². The van der Waals surface area contributed by atoms with Gasteiger partial charge in [0.1, 0.15) is 0 Å². The summed E-state index contributed by atoms with van der Waals surface area (Å²) in [4.78, 5) is 2.66. The maximum Gasteiger partial charge on any atom is 0.0456 e. The van der Waals surface area contributed by atoms with Crippen LogP contribution in [0.25, 0.3) is 0 Å². The third-order valence-corrected chi connectivity index (χ3v) is 4.80. The number of nitrogens with two attached hydrogens (primary N) is 1. The molecule has 0 aromatic heterocycles. The first-order valence-corrected chi connectivity index (χ1v) is 7.26. The summed E-state index contributed by atoms with van der Waals surface area (Å²) in [6.45, 7) is 5.94. The predicted molar refractivity (Wildman–Crippen MR) is 75.4 cm³/mol. The molecule has 2 nitrogen and oxygen atoms in total. The molecule has 1 aliphatic carbocycles. The van der Waals surface area contributed by atoms with Crippen LogP contribution in [0, 0.1) is 5.92 Å². The fourth-order valence-corrected chi connectivity index (χ4v) is 3.94. The highest BCUT2D eigenvalue weighted by Gasteiger charge is 2.37. The lowest BCUT2D eigenvalue weighted by atomic mass is 9.83. The van der Waals surface area contributed by atoms with E-state index in [1.54, 1.807) is 0 Å². The molecule has 0 radical (unpaired) electrons. The Labute approximate surface area is 110 Å². The predicted octanol–water partition coefficient (Wildman–Crippen LogP) is 2.73. The molecule has 18 heavy (non-hydrogen) atoms. The van der Waals surface area contributed by atoms with Crippen LogP contribution >= 0.6 is 0 Å².